The van der Waals surface area contributed by atoms with Crippen molar-refractivity contribution in [3.8, 4) is 40.6 Å². The number of hydrogen-bond donors (Lipinski definition) is 0. The van der Waals surface area contributed by atoms with Gasteiger partial charge in [-0.3, -0.25) is 0 Å². The molecule has 6 aromatic carbocycles. The van der Waals surface area contributed by atoms with E-state index < -0.39 is 0 Å². The van der Waals surface area contributed by atoms with Crippen molar-refractivity contribution >= 4 is 65.4 Å². The second-order valence-electron chi connectivity index (χ2n) is 13.8. The van der Waals surface area contributed by atoms with Gasteiger partial charge in [-0.1, -0.05) is 70.6 Å². The van der Waals surface area contributed by atoms with Gasteiger partial charge in [0.15, 0.2) is 0 Å². The number of ether oxygens (including phenoxy) is 2. The number of benzene rings is 6. The van der Waals surface area contributed by atoms with Gasteiger partial charge < -0.3 is 23.2 Å². The Morgan fingerprint density at radius 2 is 0.820 bits per heavy atom. The number of aromatic nitrogens is 8. The summed E-state index contributed by atoms with van der Waals surface area (Å²) in [5.41, 5.74) is 4.99. The molecule has 0 aliphatic carbocycles. The van der Waals surface area contributed by atoms with Crippen molar-refractivity contribution in [3.63, 3.8) is 0 Å². The predicted molar refractivity (Wildman–Crippen MR) is 227 cm³/mol. The molecule has 12 heteroatoms. The fourth-order valence-corrected chi connectivity index (χ4v) is 8.01. The van der Waals surface area contributed by atoms with E-state index in [1.807, 2.05) is 109 Å². The van der Waals surface area contributed by atoms with Crippen LogP contribution in [0.1, 0.15) is 1.37 Å². The van der Waals surface area contributed by atoms with Crippen molar-refractivity contribution in [2.24, 2.45) is 0 Å². The minimum Gasteiger partial charge on any atom is -0.509 e. The zero-order chi connectivity index (χ0) is 39.7. The summed E-state index contributed by atoms with van der Waals surface area (Å²) >= 11 is 0. The van der Waals surface area contributed by atoms with Gasteiger partial charge in [-0.25, -0.2) is 15.0 Å². The molecular weight excluding hydrogens is 1120 g/mol. The fourth-order valence-electron chi connectivity index (χ4n) is 8.01. The van der Waals surface area contributed by atoms with Crippen molar-refractivity contribution in [1.29, 1.82) is 0 Å². The smallest absolute Gasteiger partial charge is 0.509 e. The monoisotopic (exact) mass is 1150 g/mol. The standard InChI is InChI=1S/C49H26N8O2.2Pt/c1-3-11-41-35(9-1)37-19-15-31(27-43(37)55(41)47-13-5-7-23-50-47)58-33-17-21-39-40-22-18-34(30-46(40)57(45(39)29-33)49-52-25-26-53-54-49)59-32-16-20-38-36-10-2-4-12-42(36)56(44(38)28-32)48-14-6-8-24-51-48;;/h1-26H;;/q-4;2*+2/i26D;;. The van der Waals surface area contributed by atoms with Crippen LogP contribution in [0.3, 0.4) is 0 Å². The molecule has 0 aliphatic heterocycles. The van der Waals surface area contributed by atoms with E-state index in [-0.39, 0.29) is 54.3 Å². The van der Waals surface area contributed by atoms with Crippen LogP contribution in [0.15, 0.2) is 158 Å². The van der Waals surface area contributed by atoms with Crippen LogP contribution in [-0.2, 0) is 42.1 Å². The topological polar surface area (TPSA) is 97.7 Å². The van der Waals surface area contributed by atoms with Gasteiger partial charge >= 0.3 is 42.1 Å². The summed E-state index contributed by atoms with van der Waals surface area (Å²) in [6.45, 7) is 0. The fraction of sp³-hybridized carbons (Fsp3) is 0. The van der Waals surface area contributed by atoms with Gasteiger partial charge in [0.1, 0.15) is 11.6 Å². The molecule has 0 radical (unpaired) electrons. The number of pyridine rings is 2. The van der Waals surface area contributed by atoms with Gasteiger partial charge in [0, 0.05) is 46.4 Å². The Morgan fingerprint density at radius 1 is 0.410 bits per heavy atom. The molecule has 6 aromatic heterocycles. The zero-order valence-electron chi connectivity index (χ0n) is 32.5. The average Bonchev–Trinajstić information content (AvgIpc) is 3.92. The van der Waals surface area contributed by atoms with Gasteiger partial charge in [0.2, 0.25) is 0 Å². The van der Waals surface area contributed by atoms with E-state index in [0.717, 1.165) is 66.0 Å². The van der Waals surface area contributed by atoms with Gasteiger partial charge in [-0.2, -0.15) is 40.1 Å². The quantitative estimate of drug-likeness (QED) is 0.147. The van der Waals surface area contributed by atoms with E-state index in [9.17, 15) is 0 Å². The molecule has 10 nitrogen and oxygen atoms in total. The van der Waals surface area contributed by atoms with E-state index >= 15 is 0 Å². The molecule has 0 unspecified atom stereocenters. The van der Waals surface area contributed by atoms with Crippen LogP contribution in [0.4, 0.5) is 0 Å². The third-order valence-corrected chi connectivity index (χ3v) is 10.5. The van der Waals surface area contributed by atoms with Gasteiger partial charge in [-0.15, -0.1) is 64.4 Å². The SMILES string of the molecule is [2H]c1cnc(-n2c3[c-]c(Oc4[c-]c5c(cc4)c4ccccc4n5-c4ccccn4)ccc3c3ccc(Oc4[c-]c5c(cc4)c4ccccc4n5-c4ccccn4)[c-]c32)nn1.[Pt+2].[Pt+2]. The van der Waals surface area contributed by atoms with Crippen molar-refractivity contribution in [2.45, 2.75) is 0 Å². The third-order valence-electron chi connectivity index (χ3n) is 10.5. The van der Waals surface area contributed by atoms with E-state index in [1.165, 1.54) is 6.20 Å². The van der Waals surface area contributed by atoms with Gasteiger partial charge in [0.05, 0.1) is 13.7 Å². The third kappa shape index (κ3) is 6.38. The Kier molecular flexibility index (Phi) is 9.44. The minimum absolute atomic E-state index is 0. The van der Waals surface area contributed by atoms with Crippen LogP contribution in [-0.4, -0.2) is 38.9 Å². The first kappa shape index (κ1) is 37.0. The second kappa shape index (κ2) is 15.6. The average molecular weight is 1150 g/mol. The van der Waals surface area contributed by atoms with Crippen LogP contribution in [0.2, 0.25) is 0 Å². The Labute approximate surface area is 378 Å². The predicted octanol–water partition coefficient (Wildman–Crippen LogP) is 10.7. The van der Waals surface area contributed by atoms with Crippen molar-refractivity contribution in [1.82, 2.24) is 38.9 Å². The summed E-state index contributed by atoms with van der Waals surface area (Å²) in [7, 11) is 0. The maximum absolute atomic E-state index is 7.97. The van der Waals surface area contributed by atoms with Crippen molar-refractivity contribution in [3.05, 3.63) is 182 Å². The molecule has 0 fully saturated rings. The summed E-state index contributed by atoms with van der Waals surface area (Å²) in [6.07, 6.45) is 4.87. The maximum atomic E-state index is 7.97. The number of para-hydroxylation sites is 2. The zero-order valence-corrected chi connectivity index (χ0v) is 36.0. The van der Waals surface area contributed by atoms with Crippen LogP contribution in [0.25, 0.3) is 83.0 Å². The molecule has 61 heavy (non-hydrogen) atoms. The first-order valence-corrected chi connectivity index (χ1v) is 18.8. The summed E-state index contributed by atoms with van der Waals surface area (Å²) in [5, 5.41) is 14.3. The van der Waals surface area contributed by atoms with E-state index in [4.69, 9.17) is 10.8 Å². The molecule has 0 spiro atoms. The molecule has 0 aliphatic rings. The molecule has 294 valence electrons. The first-order chi connectivity index (χ1) is 29.6. The molecule has 0 saturated carbocycles. The molecule has 0 N–H and O–H groups in total. The maximum Gasteiger partial charge on any atom is 2.00 e. The Balaban J connectivity index is 0.00000229. The molecule has 0 atom stereocenters. The van der Waals surface area contributed by atoms with E-state index in [1.54, 1.807) is 17.0 Å². The minimum atomic E-state index is -0.0522. The molecule has 0 amide bonds. The van der Waals surface area contributed by atoms with Crippen LogP contribution < -0.4 is 9.47 Å². The summed E-state index contributed by atoms with van der Waals surface area (Å²) in [6, 6.07) is 57.7. The summed E-state index contributed by atoms with van der Waals surface area (Å²) in [5.74, 6) is 3.74. The molecule has 0 bridgehead atoms. The Morgan fingerprint density at radius 3 is 1.23 bits per heavy atom. The molecule has 12 aromatic rings. The van der Waals surface area contributed by atoms with Gasteiger partial charge in [-0.05, 0) is 47.2 Å². The molecule has 6 heterocycles. The van der Waals surface area contributed by atoms with E-state index in [2.05, 4.69) is 82.8 Å². The number of rotatable bonds is 7. The molecular formula is C49H26N8O2Pt2. The molecule has 0 saturated heterocycles. The van der Waals surface area contributed by atoms with Crippen molar-refractivity contribution in [2.75, 3.05) is 0 Å². The van der Waals surface area contributed by atoms with Gasteiger partial charge in [0.25, 0.3) is 5.95 Å². The number of fused-ring (bicyclic) bond motifs is 9. The first-order valence-electron chi connectivity index (χ1n) is 19.3. The largest absolute Gasteiger partial charge is 2.00 e. The van der Waals surface area contributed by atoms with Crippen LogP contribution >= 0.6 is 0 Å². The summed E-state index contributed by atoms with van der Waals surface area (Å²) < 4.78 is 26.9. The summed E-state index contributed by atoms with van der Waals surface area (Å²) in [4.78, 5) is 13.8. The van der Waals surface area contributed by atoms with Crippen LogP contribution in [0, 0.1) is 24.3 Å². The van der Waals surface area contributed by atoms with E-state index in [0.29, 0.717) is 34.0 Å². The number of hydrogen-bond acceptors (Lipinski definition) is 7. The Hall–Kier alpha value is -6.99. The molecule has 12 rings (SSSR count). The van der Waals surface area contributed by atoms with Crippen LogP contribution in [0.5, 0.6) is 23.0 Å². The second-order valence-corrected chi connectivity index (χ2v) is 13.8. The van der Waals surface area contributed by atoms with Crippen molar-refractivity contribution < 1.29 is 53.0 Å². The number of nitrogens with zero attached hydrogens (tertiary/aromatic N) is 8. The normalized spacial score (nSPS) is 11.6. The Bertz CT molecular complexity index is 3420.